The minimum atomic E-state index is -0.161. The fourth-order valence-electron chi connectivity index (χ4n) is 2.70. The summed E-state index contributed by atoms with van der Waals surface area (Å²) in [7, 11) is 0. The van der Waals surface area contributed by atoms with Gasteiger partial charge in [0.15, 0.2) is 0 Å². The topological polar surface area (TPSA) is 45.4 Å². The molecule has 0 amide bonds. The summed E-state index contributed by atoms with van der Waals surface area (Å²) < 4.78 is 19.3. The van der Waals surface area contributed by atoms with E-state index >= 15 is 0 Å². The van der Waals surface area contributed by atoms with Crippen molar-refractivity contribution in [2.24, 2.45) is 0 Å². The quantitative estimate of drug-likeness (QED) is 0.868. The molecule has 2 aromatic rings. The summed E-state index contributed by atoms with van der Waals surface area (Å²) in [6.45, 7) is 7.12. The van der Waals surface area contributed by atoms with Gasteiger partial charge in [-0.15, -0.1) is 10.2 Å². The minimum Gasteiger partial charge on any atom is -0.424 e. The van der Waals surface area contributed by atoms with Gasteiger partial charge >= 0.3 is 0 Å². The SMILES string of the molecule is Cc1nnc([C@H](C)N2CCN(c3ccccc3F)CC2)o1. The standard InChI is InChI=1S/C15H19FN4O/c1-11(15-18-17-12(2)21-15)19-7-9-20(10-8-19)14-6-4-3-5-13(14)16/h3-6,11H,7-10H2,1-2H3/t11-/m0/s1. The van der Waals surface area contributed by atoms with E-state index in [4.69, 9.17) is 4.42 Å². The number of para-hydroxylation sites is 1. The molecule has 1 fully saturated rings. The van der Waals surface area contributed by atoms with Crippen molar-refractivity contribution in [2.45, 2.75) is 19.9 Å². The van der Waals surface area contributed by atoms with E-state index < -0.39 is 0 Å². The zero-order chi connectivity index (χ0) is 14.8. The first-order chi connectivity index (χ1) is 10.1. The second kappa shape index (κ2) is 5.81. The molecular formula is C15H19FN4O. The Kier molecular flexibility index (Phi) is 3.88. The summed E-state index contributed by atoms with van der Waals surface area (Å²) in [5.74, 6) is 1.07. The second-order valence-corrected chi connectivity index (χ2v) is 5.31. The Balaban J connectivity index is 1.64. The molecule has 0 aliphatic carbocycles. The number of halogens is 1. The summed E-state index contributed by atoms with van der Waals surface area (Å²) in [5.41, 5.74) is 0.679. The van der Waals surface area contributed by atoms with Crippen molar-refractivity contribution in [1.29, 1.82) is 0 Å². The summed E-state index contributed by atoms with van der Waals surface area (Å²) in [5, 5.41) is 7.95. The Bertz CT molecular complexity index is 607. The van der Waals surface area contributed by atoms with E-state index in [0.717, 1.165) is 26.2 Å². The molecule has 0 bridgehead atoms. The molecule has 112 valence electrons. The van der Waals surface area contributed by atoms with Gasteiger partial charge in [-0.1, -0.05) is 12.1 Å². The highest BCUT2D eigenvalue weighted by molar-refractivity contribution is 5.48. The van der Waals surface area contributed by atoms with Crippen LogP contribution in [0.2, 0.25) is 0 Å². The zero-order valence-electron chi connectivity index (χ0n) is 12.3. The number of aromatic nitrogens is 2. The summed E-state index contributed by atoms with van der Waals surface area (Å²) in [6.07, 6.45) is 0. The molecule has 1 aliphatic heterocycles. The van der Waals surface area contributed by atoms with Gasteiger partial charge in [-0.05, 0) is 19.1 Å². The Morgan fingerprint density at radius 1 is 1.14 bits per heavy atom. The van der Waals surface area contributed by atoms with Gasteiger partial charge in [-0.25, -0.2) is 4.39 Å². The van der Waals surface area contributed by atoms with Crippen LogP contribution < -0.4 is 4.90 Å². The van der Waals surface area contributed by atoms with Crippen LogP contribution in [0.4, 0.5) is 10.1 Å². The third kappa shape index (κ3) is 2.90. The first-order valence-corrected chi connectivity index (χ1v) is 7.18. The molecule has 1 atom stereocenters. The molecule has 0 radical (unpaired) electrons. The maximum Gasteiger partial charge on any atom is 0.233 e. The fourth-order valence-corrected chi connectivity index (χ4v) is 2.70. The average molecular weight is 290 g/mol. The van der Waals surface area contributed by atoms with E-state index in [1.165, 1.54) is 6.07 Å². The van der Waals surface area contributed by atoms with Gasteiger partial charge in [0.05, 0.1) is 11.7 Å². The van der Waals surface area contributed by atoms with Crippen LogP contribution in [-0.4, -0.2) is 41.3 Å². The van der Waals surface area contributed by atoms with Crippen LogP contribution in [0.5, 0.6) is 0 Å². The lowest BCUT2D eigenvalue weighted by molar-refractivity contribution is 0.171. The lowest BCUT2D eigenvalue weighted by Crippen LogP contribution is -2.47. The molecule has 5 nitrogen and oxygen atoms in total. The van der Waals surface area contributed by atoms with Crippen molar-refractivity contribution in [3.05, 3.63) is 41.9 Å². The number of anilines is 1. The molecule has 0 spiro atoms. The smallest absolute Gasteiger partial charge is 0.233 e. The number of benzene rings is 1. The Labute approximate surface area is 123 Å². The molecule has 6 heteroatoms. The highest BCUT2D eigenvalue weighted by Gasteiger charge is 2.26. The summed E-state index contributed by atoms with van der Waals surface area (Å²) in [6, 6.07) is 7.01. The van der Waals surface area contributed by atoms with Gasteiger partial charge < -0.3 is 9.32 Å². The molecule has 1 aromatic carbocycles. The maximum absolute atomic E-state index is 13.8. The molecule has 0 saturated carbocycles. The Morgan fingerprint density at radius 2 is 1.86 bits per heavy atom. The van der Waals surface area contributed by atoms with Gasteiger partial charge in [0, 0.05) is 33.1 Å². The molecule has 3 rings (SSSR count). The molecule has 0 N–H and O–H groups in total. The monoisotopic (exact) mass is 290 g/mol. The highest BCUT2D eigenvalue weighted by atomic mass is 19.1. The van der Waals surface area contributed by atoms with Crippen LogP contribution in [0, 0.1) is 12.7 Å². The predicted molar refractivity (Wildman–Crippen MR) is 77.6 cm³/mol. The first-order valence-electron chi connectivity index (χ1n) is 7.18. The van der Waals surface area contributed by atoms with E-state index in [1.807, 2.05) is 12.1 Å². The third-order valence-corrected chi connectivity index (χ3v) is 3.95. The first kappa shape index (κ1) is 14.0. The van der Waals surface area contributed by atoms with Crippen LogP contribution in [0.1, 0.15) is 24.7 Å². The fraction of sp³-hybridized carbons (Fsp3) is 0.467. The number of piperazine rings is 1. The van der Waals surface area contributed by atoms with Crippen LogP contribution in [0.3, 0.4) is 0 Å². The third-order valence-electron chi connectivity index (χ3n) is 3.95. The lowest BCUT2D eigenvalue weighted by Gasteiger charge is -2.38. The van der Waals surface area contributed by atoms with Gasteiger partial charge in [0.25, 0.3) is 0 Å². The van der Waals surface area contributed by atoms with E-state index in [9.17, 15) is 4.39 Å². The molecule has 2 heterocycles. The largest absolute Gasteiger partial charge is 0.424 e. The number of aryl methyl sites for hydroxylation is 1. The molecule has 1 saturated heterocycles. The molecule has 1 aromatic heterocycles. The van der Waals surface area contributed by atoms with Crippen molar-refractivity contribution >= 4 is 5.69 Å². The average Bonchev–Trinajstić information content (AvgIpc) is 2.94. The van der Waals surface area contributed by atoms with Gasteiger partial charge in [0.1, 0.15) is 5.82 Å². The van der Waals surface area contributed by atoms with Crippen molar-refractivity contribution < 1.29 is 8.81 Å². The van der Waals surface area contributed by atoms with E-state index in [0.29, 0.717) is 17.5 Å². The molecular weight excluding hydrogens is 271 g/mol. The maximum atomic E-state index is 13.8. The Hall–Kier alpha value is -1.95. The summed E-state index contributed by atoms with van der Waals surface area (Å²) >= 11 is 0. The van der Waals surface area contributed by atoms with E-state index in [1.54, 1.807) is 13.0 Å². The van der Waals surface area contributed by atoms with Gasteiger partial charge in [-0.2, -0.15) is 0 Å². The number of hydrogen-bond acceptors (Lipinski definition) is 5. The van der Waals surface area contributed by atoms with Crippen molar-refractivity contribution in [3.8, 4) is 0 Å². The van der Waals surface area contributed by atoms with Gasteiger partial charge in [-0.3, -0.25) is 4.90 Å². The van der Waals surface area contributed by atoms with E-state index in [-0.39, 0.29) is 11.9 Å². The van der Waals surface area contributed by atoms with E-state index in [2.05, 4.69) is 26.9 Å². The predicted octanol–water partition coefficient (Wildman–Crippen LogP) is 2.40. The lowest BCUT2D eigenvalue weighted by atomic mass is 10.2. The normalized spacial score (nSPS) is 18.0. The van der Waals surface area contributed by atoms with Crippen molar-refractivity contribution in [3.63, 3.8) is 0 Å². The summed E-state index contributed by atoms with van der Waals surface area (Å²) in [4.78, 5) is 4.36. The van der Waals surface area contributed by atoms with Crippen LogP contribution in [0.25, 0.3) is 0 Å². The number of rotatable bonds is 3. The van der Waals surface area contributed by atoms with Crippen molar-refractivity contribution in [2.75, 3.05) is 31.1 Å². The van der Waals surface area contributed by atoms with Crippen LogP contribution in [-0.2, 0) is 0 Å². The van der Waals surface area contributed by atoms with Crippen molar-refractivity contribution in [1.82, 2.24) is 15.1 Å². The van der Waals surface area contributed by atoms with Crippen LogP contribution in [0.15, 0.2) is 28.7 Å². The van der Waals surface area contributed by atoms with Crippen LogP contribution >= 0.6 is 0 Å². The molecule has 0 unspecified atom stereocenters. The highest BCUT2D eigenvalue weighted by Crippen LogP contribution is 2.24. The second-order valence-electron chi connectivity index (χ2n) is 5.31. The number of nitrogens with zero attached hydrogens (tertiary/aromatic N) is 4. The molecule has 21 heavy (non-hydrogen) atoms. The number of hydrogen-bond donors (Lipinski definition) is 0. The van der Waals surface area contributed by atoms with Gasteiger partial charge in [0.2, 0.25) is 11.8 Å². The Morgan fingerprint density at radius 3 is 2.48 bits per heavy atom. The molecule has 1 aliphatic rings. The minimum absolute atomic E-state index is 0.0916. The zero-order valence-corrected chi connectivity index (χ0v) is 12.3.